The molecule has 0 saturated heterocycles. The highest BCUT2D eigenvalue weighted by molar-refractivity contribution is 5.97. The smallest absolute Gasteiger partial charge is 0.134 e. The number of allylic oxidation sites excluding steroid dienone is 1. The van der Waals surface area contributed by atoms with E-state index < -0.39 is 0 Å². The number of benzene rings is 9. The van der Waals surface area contributed by atoms with Crippen molar-refractivity contribution in [3.63, 3.8) is 0 Å². The van der Waals surface area contributed by atoms with Gasteiger partial charge in [-0.3, -0.25) is 0 Å². The zero-order valence-corrected chi connectivity index (χ0v) is 36.9. The van der Waals surface area contributed by atoms with Gasteiger partial charge in [-0.2, -0.15) is 0 Å². The molecule has 1 spiro atoms. The molecule has 0 fully saturated rings. The van der Waals surface area contributed by atoms with Crippen LogP contribution in [0.1, 0.15) is 64.5 Å². The maximum Gasteiger partial charge on any atom is 0.134 e. The Hall–Kier alpha value is -7.94. The number of hydrogen-bond acceptors (Lipinski definition) is 2. The first-order valence-electron chi connectivity index (χ1n) is 23.3. The van der Waals surface area contributed by atoms with Gasteiger partial charge in [0.05, 0.1) is 11.3 Å². The molecule has 3 unspecified atom stereocenters. The zero-order valence-electron chi connectivity index (χ0n) is 36.9. The number of para-hydroxylation sites is 1. The van der Waals surface area contributed by atoms with E-state index in [1.165, 1.54) is 88.8 Å². The van der Waals surface area contributed by atoms with E-state index in [1.807, 2.05) is 0 Å². The van der Waals surface area contributed by atoms with E-state index in [4.69, 9.17) is 4.42 Å². The van der Waals surface area contributed by atoms with Crippen LogP contribution in [0.2, 0.25) is 0 Å². The highest BCUT2D eigenvalue weighted by atomic mass is 16.3. The van der Waals surface area contributed by atoms with Gasteiger partial charge >= 0.3 is 0 Å². The van der Waals surface area contributed by atoms with Crippen LogP contribution in [0.5, 0.6) is 0 Å². The van der Waals surface area contributed by atoms with Crippen LogP contribution in [0.4, 0.5) is 17.1 Å². The van der Waals surface area contributed by atoms with Crippen LogP contribution in [0.15, 0.2) is 223 Å². The molecular formula is C64H45NO. The van der Waals surface area contributed by atoms with Crippen molar-refractivity contribution in [2.75, 3.05) is 4.90 Å². The molecule has 0 amide bonds. The number of fused-ring (bicyclic) bond motifs is 17. The van der Waals surface area contributed by atoms with Crippen LogP contribution < -0.4 is 4.90 Å². The lowest BCUT2D eigenvalue weighted by atomic mass is 9.64. The Labute approximate surface area is 385 Å². The molecule has 14 rings (SSSR count). The van der Waals surface area contributed by atoms with Crippen LogP contribution in [0.3, 0.4) is 0 Å². The summed E-state index contributed by atoms with van der Waals surface area (Å²) < 4.78 is 6.84. The first-order chi connectivity index (χ1) is 32.5. The van der Waals surface area contributed by atoms with E-state index in [1.54, 1.807) is 0 Å². The SMILES string of the molecule is CC1(C)c2ccccc2-c2ccc(N(c3ccc(-c4ccccc4)cc3)c3ccc(-c4cccc5c4-c4ccccc4C54c5ccccc5C5c6oc7ccccc7c6C=CC54)cc3)cc21. The summed E-state index contributed by atoms with van der Waals surface area (Å²) in [5.74, 6) is 1.33. The van der Waals surface area contributed by atoms with E-state index in [0.717, 1.165) is 28.4 Å². The molecule has 4 aliphatic rings. The van der Waals surface area contributed by atoms with Crippen LogP contribution in [-0.4, -0.2) is 0 Å². The first-order valence-corrected chi connectivity index (χ1v) is 23.3. The standard InChI is InChI=1S/C64H45NO/c1-63(2)53-22-10-6-17-47(53)48-36-35-45(39-58(48)63)65(43-31-27-41(28-32-43)40-15-4-3-5-16-40)44-33-29-42(30-34-44)46-21-14-25-56-60(46)51-19-7-11-23-54(51)64(56)55-24-12-8-20-52(55)61-57(64)38-37-50-49-18-9-13-26-59(49)66-62(50)61/h3-39,57,61H,1-2H3. The average Bonchev–Trinajstić information content (AvgIpc) is 4.07. The van der Waals surface area contributed by atoms with Crippen molar-refractivity contribution in [2.45, 2.75) is 30.6 Å². The molecule has 312 valence electrons. The van der Waals surface area contributed by atoms with Gasteiger partial charge in [-0.15, -0.1) is 0 Å². The molecule has 10 aromatic rings. The molecule has 0 N–H and O–H groups in total. The van der Waals surface area contributed by atoms with Crippen LogP contribution in [0.25, 0.3) is 61.6 Å². The summed E-state index contributed by atoms with van der Waals surface area (Å²) >= 11 is 0. The van der Waals surface area contributed by atoms with Gasteiger partial charge in [0.1, 0.15) is 11.3 Å². The molecule has 0 bridgehead atoms. The molecule has 66 heavy (non-hydrogen) atoms. The van der Waals surface area contributed by atoms with Crippen molar-refractivity contribution >= 4 is 34.1 Å². The molecule has 0 saturated carbocycles. The lowest BCUT2D eigenvalue weighted by Crippen LogP contribution is -2.33. The molecule has 3 atom stereocenters. The van der Waals surface area contributed by atoms with Crippen molar-refractivity contribution in [1.29, 1.82) is 0 Å². The number of hydrogen-bond donors (Lipinski definition) is 0. The third kappa shape index (κ3) is 5.02. The zero-order chi connectivity index (χ0) is 43.7. The number of rotatable bonds is 5. The van der Waals surface area contributed by atoms with E-state index in [2.05, 4.69) is 243 Å². The van der Waals surface area contributed by atoms with Gasteiger partial charge in [-0.25, -0.2) is 0 Å². The predicted octanol–water partition coefficient (Wildman–Crippen LogP) is 16.6. The number of anilines is 3. The summed E-state index contributed by atoms with van der Waals surface area (Å²) in [6, 6.07) is 78.8. The summed E-state index contributed by atoms with van der Waals surface area (Å²) in [7, 11) is 0. The third-order valence-corrected chi connectivity index (χ3v) is 15.6. The summed E-state index contributed by atoms with van der Waals surface area (Å²) in [5, 5.41) is 1.19. The van der Waals surface area contributed by atoms with E-state index >= 15 is 0 Å². The lowest BCUT2D eigenvalue weighted by Gasteiger charge is -2.36. The Morgan fingerprint density at radius 3 is 1.83 bits per heavy atom. The van der Waals surface area contributed by atoms with Crippen molar-refractivity contribution < 1.29 is 4.42 Å². The van der Waals surface area contributed by atoms with Crippen molar-refractivity contribution in [3.8, 4) is 44.5 Å². The Bertz CT molecular complexity index is 3630. The summed E-state index contributed by atoms with van der Waals surface area (Å²) in [6.07, 6.45) is 4.85. The van der Waals surface area contributed by atoms with Crippen LogP contribution >= 0.6 is 0 Å². The molecular weight excluding hydrogens is 799 g/mol. The summed E-state index contributed by atoms with van der Waals surface area (Å²) in [6.45, 7) is 4.72. The molecule has 2 nitrogen and oxygen atoms in total. The first kappa shape index (κ1) is 37.4. The Morgan fingerprint density at radius 2 is 1.03 bits per heavy atom. The normalized spacial score (nSPS) is 18.6. The molecule has 4 aliphatic carbocycles. The third-order valence-electron chi connectivity index (χ3n) is 15.6. The van der Waals surface area contributed by atoms with Crippen LogP contribution in [-0.2, 0) is 10.8 Å². The molecule has 0 radical (unpaired) electrons. The minimum absolute atomic E-state index is 0.0993. The Kier molecular flexibility index (Phi) is 7.82. The molecule has 1 heterocycles. The maximum atomic E-state index is 6.84. The number of nitrogens with zero attached hydrogens (tertiary/aromatic N) is 1. The van der Waals surface area contributed by atoms with Gasteiger partial charge in [0, 0.05) is 39.3 Å². The second kappa shape index (κ2) is 13.8. The van der Waals surface area contributed by atoms with Crippen molar-refractivity contribution in [1.82, 2.24) is 0 Å². The monoisotopic (exact) mass is 843 g/mol. The Balaban J connectivity index is 0.908. The summed E-state index contributed by atoms with van der Waals surface area (Å²) in [5.41, 5.74) is 23.5. The minimum Gasteiger partial charge on any atom is -0.460 e. The second-order valence-electron chi connectivity index (χ2n) is 19.1. The van der Waals surface area contributed by atoms with E-state index in [-0.39, 0.29) is 22.7 Å². The van der Waals surface area contributed by atoms with E-state index in [0.29, 0.717) is 0 Å². The summed E-state index contributed by atoms with van der Waals surface area (Å²) in [4.78, 5) is 2.43. The fraction of sp³-hybridized carbons (Fsp3) is 0.0938. The fourth-order valence-corrected chi connectivity index (χ4v) is 12.8. The number of furan rings is 1. The van der Waals surface area contributed by atoms with Gasteiger partial charge in [0.2, 0.25) is 0 Å². The van der Waals surface area contributed by atoms with Gasteiger partial charge in [0.25, 0.3) is 0 Å². The highest BCUT2D eigenvalue weighted by Crippen LogP contribution is 2.68. The largest absolute Gasteiger partial charge is 0.460 e. The fourth-order valence-electron chi connectivity index (χ4n) is 12.8. The van der Waals surface area contributed by atoms with Gasteiger partial charge in [-0.05, 0) is 120 Å². The molecule has 1 aromatic heterocycles. The van der Waals surface area contributed by atoms with Gasteiger partial charge in [0.15, 0.2) is 0 Å². The van der Waals surface area contributed by atoms with Gasteiger partial charge < -0.3 is 9.32 Å². The van der Waals surface area contributed by atoms with Gasteiger partial charge in [-0.1, -0.05) is 196 Å². The van der Waals surface area contributed by atoms with Crippen LogP contribution in [0, 0.1) is 5.92 Å². The Morgan fingerprint density at radius 1 is 0.439 bits per heavy atom. The molecule has 2 heteroatoms. The molecule has 9 aromatic carbocycles. The second-order valence-corrected chi connectivity index (χ2v) is 19.1. The van der Waals surface area contributed by atoms with Crippen molar-refractivity contribution in [2.24, 2.45) is 5.92 Å². The topological polar surface area (TPSA) is 16.4 Å². The minimum atomic E-state index is -0.375. The van der Waals surface area contributed by atoms with Crippen molar-refractivity contribution in [3.05, 3.63) is 263 Å². The maximum absolute atomic E-state index is 6.84. The lowest BCUT2D eigenvalue weighted by molar-refractivity contribution is 0.408. The quantitative estimate of drug-likeness (QED) is 0.172. The highest BCUT2D eigenvalue weighted by Gasteiger charge is 2.59. The predicted molar refractivity (Wildman–Crippen MR) is 272 cm³/mol. The van der Waals surface area contributed by atoms with E-state index in [9.17, 15) is 0 Å². The molecule has 0 aliphatic heterocycles. The average molecular weight is 844 g/mol.